The van der Waals surface area contributed by atoms with Crippen molar-refractivity contribution in [2.75, 3.05) is 20.2 Å². The molecule has 0 fully saturated rings. The molecule has 122 valence electrons. The molecule has 0 aliphatic rings. The van der Waals surface area contributed by atoms with Gasteiger partial charge in [0, 0.05) is 24.7 Å². The molecule has 5 heteroatoms. The Balaban J connectivity index is 2.53. The van der Waals surface area contributed by atoms with Gasteiger partial charge in [-0.15, -0.1) is 0 Å². The highest BCUT2D eigenvalue weighted by Gasteiger charge is 2.09. The predicted octanol–water partition coefficient (Wildman–Crippen LogP) is 2.21. The van der Waals surface area contributed by atoms with Crippen LogP contribution in [0.5, 0.6) is 0 Å². The zero-order valence-electron chi connectivity index (χ0n) is 13.9. The summed E-state index contributed by atoms with van der Waals surface area (Å²) in [6.45, 7) is 8.64. The molecule has 1 amide bonds. The van der Waals surface area contributed by atoms with Gasteiger partial charge in [-0.1, -0.05) is 19.1 Å². The van der Waals surface area contributed by atoms with Crippen molar-refractivity contribution in [1.82, 2.24) is 10.2 Å². The fourth-order valence-corrected chi connectivity index (χ4v) is 2.14. The molecule has 1 rings (SSSR count). The molecule has 1 aromatic carbocycles. The highest BCUT2D eigenvalue weighted by Crippen LogP contribution is 2.10. The van der Waals surface area contributed by atoms with E-state index in [2.05, 4.69) is 35.7 Å². The van der Waals surface area contributed by atoms with Gasteiger partial charge in [-0.25, -0.2) is 0 Å². The van der Waals surface area contributed by atoms with Crippen LogP contribution in [0.1, 0.15) is 43.1 Å². The van der Waals surface area contributed by atoms with E-state index in [0.717, 1.165) is 13.1 Å². The lowest BCUT2D eigenvalue weighted by Gasteiger charge is -2.24. The van der Waals surface area contributed by atoms with Crippen molar-refractivity contribution < 1.29 is 14.3 Å². The lowest BCUT2D eigenvalue weighted by atomic mass is 10.1. The van der Waals surface area contributed by atoms with E-state index in [1.807, 2.05) is 24.3 Å². The second-order valence-corrected chi connectivity index (χ2v) is 5.44. The lowest BCUT2D eigenvalue weighted by molar-refractivity contribution is -0.140. The van der Waals surface area contributed by atoms with Gasteiger partial charge in [0.25, 0.3) is 5.91 Å². The molecule has 1 aromatic rings. The first kappa shape index (κ1) is 18.2. The maximum Gasteiger partial charge on any atom is 0.307 e. The molecule has 0 saturated heterocycles. The summed E-state index contributed by atoms with van der Waals surface area (Å²) in [5, 5.41) is 2.70. The smallest absolute Gasteiger partial charge is 0.307 e. The Morgan fingerprint density at radius 3 is 2.36 bits per heavy atom. The number of rotatable bonds is 8. The number of hydrogen-bond acceptors (Lipinski definition) is 4. The highest BCUT2D eigenvalue weighted by atomic mass is 16.5. The molecule has 0 heterocycles. The third-order valence-electron chi connectivity index (χ3n) is 3.58. The number of carbonyl (C=O) groups is 2. The average molecular weight is 306 g/mol. The summed E-state index contributed by atoms with van der Waals surface area (Å²) in [4.78, 5) is 25.3. The summed E-state index contributed by atoms with van der Waals surface area (Å²) >= 11 is 0. The van der Waals surface area contributed by atoms with Gasteiger partial charge in [0.05, 0.1) is 13.5 Å². The standard InChI is InChI=1S/C17H26N2O3/c1-5-19(13(2)3)12-14-6-8-15(9-7-14)17(21)18-11-10-16(20)22-4/h6-9,13H,5,10-12H2,1-4H3,(H,18,21). The van der Waals surface area contributed by atoms with Crippen LogP contribution in [0.4, 0.5) is 0 Å². The molecule has 5 nitrogen and oxygen atoms in total. The van der Waals surface area contributed by atoms with E-state index in [-0.39, 0.29) is 24.8 Å². The Kier molecular flexibility index (Phi) is 7.60. The van der Waals surface area contributed by atoms with Gasteiger partial charge >= 0.3 is 5.97 Å². The van der Waals surface area contributed by atoms with Crippen LogP contribution in [0.3, 0.4) is 0 Å². The number of esters is 1. The monoisotopic (exact) mass is 306 g/mol. The number of nitrogens with zero attached hydrogens (tertiary/aromatic N) is 1. The van der Waals surface area contributed by atoms with Crippen LogP contribution in [0.2, 0.25) is 0 Å². The van der Waals surface area contributed by atoms with Crippen molar-refractivity contribution >= 4 is 11.9 Å². The summed E-state index contributed by atoms with van der Waals surface area (Å²) in [6.07, 6.45) is 0.181. The van der Waals surface area contributed by atoms with E-state index in [1.54, 1.807) is 0 Å². The van der Waals surface area contributed by atoms with E-state index < -0.39 is 0 Å². The van der Waals surface area contributed by atoms with Gasteiger partial charge in [0.1, 0.15) is 0 Å². The molecule has 0 aromatic heterocycles. The number of hydrogen-bond donors (Lipinski definition) is 1. The second-order valence-electron chi connectivity index (χ2n) is 5.44. The molecule has 1 N–H and O–H groups in total. The Morgan fingerprint density at radius 1 is 1.23 bits per heavy atom. The molecule has 0 unspecified atom stereocenters. The topological polar surface area (TPSA) is 58.6 Å². The van der Waals surface area contributed by atoms with E-state index in [4.69, 9.17) is 0 Å². The van der Waals surface area contributed by atoms with Gasteiger partial charge in [0.2, 0.25) is 0 Å². The summed E-state index contributed by atoms with van der Waals surface area (Å²) in [7, 11) is 1.33. The van der Waals surface area contributed by atoms with Crippen LogP contribution < -0.4 is 5.32 Å². The molecule has 0 atom stereocenters. The van der Waals surface area contributed by atoms with Crippen molar-refractivity contribution in [3.63, 3.8) is 0 Å². The first-order chi connectivity index (χ1) is 10.5. The quantitative estimate of drug-likeness (QED) is 0.748. The minimum atomic E-state index is -0.330. The van der Waals surface area contributed by atoms with Crippen molar-refractivity contribution in [3.05, 3.63) is 35.4 Å². The molecular weight excluding hydrogens is 280 g/mol. The van der Waals surface area contributed by atoms with E-state index in [0.29, 0.717) is 11.6 Å². The Bertz CT molecular complexity index is 483. The summed E-state index contributed by atoms with van der Waals surface area (Å²) in [6, 6.07) is 8.07. The Hall–Kier alpha value is -1.88. The number of methoxy groups -OCH3 is 1. The molecule has 0 aliphatic heterocycles. The van der Waals surface area contributed by atoms with Gasteiger partial charge in [-0.2, -0.15) is 0 Å². The summed E-state index contributed by atoms with van der Waals surface area (Å²) in [5.41, 5.74) is 1.78. The highest BCUT2D eigenvalue weighted by molar-refractivity contribution is 5.94. The lowest BCUT2D eigenvalue weighted by Crippen LogP contribution is -2.30. The number of amides is 1. The number of carbonyl (C=O) groups excluding carboxylic acids is 2. The van der Waals surface area contributed by atoms with Crippen molar-refractivity contribution in [3.8, 4) is 0 Å². The molecule has 0 bridgehead atoms. The summed E-state index contributed by atoms with van der Waals surface area (Å²) < 4.78 is 4.53. The van der Waals surface area contributed by atoms with Crippen LogP contribution in [0.15, 0.2) is 24.3 Å². The Morgan fingerprint density at radius 2 is 1.86 bits per heavy atom. The van der Waals surface area contributed by atoms with Crippen LogP contribution in [-0.2, 0) is 16.1 Å². The zero-order valence-corrected chi connectivity index (χ0v) is 13.9. The molecule has 0 aliphatic carbocycles. The van der Waals surface area contributed by atoms with E-state index >= 15 is 0 Å². The van der Waals surface area contributed by atoms with Gasteiger partial charge < -0.3 is 10.1 Å². The third kappa shape index (κ3) is 5.85. The van der Waals surface area contributed by atoms with Gasteiger partial charge in [-0.3, -0.25) is 14.5 Å². The van der Waals surface area contributed by atoms with Crippen LogP contribution in [0, 0.1) is 0 Å². The van der Waals surface area contributed by atoms with Crippen LogP contribution in [-0.4, -0.2) is 43.0 Å². The first-order valence-corrected chi connectivity index (χ1v) is 7.66. The van der Waals surface area contributed by atoms with E-state index in [9.17, 15) is 9.59 Å². The molecule has 22 heavy (non-hydrogen) atoms. The zero-order chi connectivity index (χ0) is 16.5. The predicted molar refractivity (Wildman–Crippen MR) is 86.6 cm³/mol. The van der Waals surface area contributed by atoms with Crippen molar-refractivity contribution in [2.24, 2.45) is 0 Å². The molecule has 0 radical (unpaired) electrons. The van der Waals surface area contributed by atoms with Crippen molar-refractivity contribution in [1.29, 1.82) is 0 Å². The minimum absolute atomic E-state index is 0.174. The van der Waals surface area contributed by atoms with Crippen LogP contribution in [0.25, 0.3) is 0 Å². The molecule has 0 spiro atoms. The number of ether oxygens (including phenoxy) is 1. The van der Waals surface area contributed by atoms with Crippen LogP contribution >= 0.6 is 0 Å². The minimum Gasteiger partial charge on any atom is -0.469 e. The first-order valence-electron chi connectivity index (χ1n) is 7.66. The van der Waals surface area contributed by atoms with Crippen molar-refractivity contribution in [2.45, 2.75) is 39.8 Å². The van der Waals surface area contributed by atoms with Gasteiger partial charge in [-0.05, 0) is 38.1 Å². The summed E-state index contributed by atoms with van der Waals surface area (Å²) in [5.74, 6) is -0.504. The fraction of sp³-hybridized carbons (Fsp3) is 0.529. The maximum atomic E-state index is 11.9. The third-order valence-corrected chi connectivity index (χ3v) is 3.58. The number of nitrogens with one attached hydrogen (secondary N) is 1. The molecule has 0 saturated carbocycles. The SMILES string of the molecule is CCN(Cc1ccc(C(=O)NCCC(=O)OC)cc1)C(C)C. The maximum absolute atomic E-state index is 11.9. The molecular formula is C17H26N2O3. The second kappa shape index (κ2) is 9.20. The van der Waals surface area contributed by atoms with E-state index in [1.165, 1.54) is 12.7 Å². The number of benzene rings is 1. The Labute approximate surface area is 132 Å². The largest absolute Gasteiger partial charge is 0.469 e. The average Bonchev–Trinajstić information content (AvgIpc) is 2.52. The van der Waals surface area contributed by atoms with Gasteiger partial charge in [0.15, 0.2) is 0 Å². The fourth-order valence-electron chi connectivity index (χ4n) is 2.14. The normalized spacial score (nSPS) is 10.8.